The van der Waals surface area contributed by atoms with Gasteiger partial charge in [-0.15, -0.1) is 6.58 Å². The quantitative estimate of drug-likeness (QED) is 0.446. The van der Waals surface area contributed by atoms with E-state index in [2.05, 4.69) is 13.5 Å². The van der Waals surface area contributed by atoms with Crippen LogP contribution in [0.1, 0.15) is 32.6 Å². The molecule has 1 atom stereocenters. The molecule has 0 amide bonds. The Labute approximate surface area is 63.8 Å². The predicted octanol–water partition coefficient (Wildman–Crippen LogP) is 2.36. The summed E-state index contributed by atoms with van der Waals surface area (Å²) in [7, 11) is 0. The lowest BCUT2D eigenvalue weighted by Gasteiger charge is -2.05. The highest BCUT2D eigenvalue weighted by molar-refractivity contribution is 4.65. The Morgan fingerprint density at radius 3 is 2.70 bits per heavy atom. The zero-order chi connectivity index (χ0) is 7.82. The van der Waals surface area contributed by atoms with Crippen molar-refractivity contribution in [2.75, 3.05) is 6.61 Å². The van der Waals surface area contributed by atoms with Crippen LogP contribution in [0.2, 0.25) is 0 Å². The highest BCUT2D eigenvalue weighted by atomic mass is 16.3. The van der Waals surface area contributed by atoms with E-state index in [-0.39, 0.29) is 0 Å². The summed E-state index contributed by atoms with van der Waals surface area (Å²) in [6, 6.07) is 0. The number of aliphatic hydroxyl groups excluding tert-OH is 1. The molecule has 0 aromatic carbocycles. The van der Waals surface area contributed by atoms with E-state index < -0.39 is 0 Å². The second kappa shape index (κ2) is 6.81. The van der Waals surface area contributed by atoms with E-state index in [1.54, 1.807) is 0 Å². The third kappa shape index (κ3) is 5.83. The average molecular weight is 142 g/mol. The van der Waals surface area contributed by atoms with E-state index in [1.807, 2.05) is 6.08 Å². The second-order valence-corrected chi connectivity index (χ2v) is 2.86. The second-order valence-electron chi connectivity index (χ2n) is 2.86. The summed E-state index contributed by atoms with van der Waals surface area (Å²) in [6.45, 7) is 6.05. The summed E-state index contributed by atoms with van der Waals surface area (Å²) in [6.07, 6.45) is 6.63. The molecule has 0 fully saturated rings. The van der Waals surface area contributed by atoms with Gasteiger partial charge in [0.05, 0.1) is 0 Å². The van der Waals surface area contributed by atoms with Gasteiger partial charge in [0.1, 0.15) is 0 Å². The zero-order valence-electron chi connectivity index (χ0n) is 6.84. The molecule has 1 heteroatoms. The fraction of sp³-hybridized carbons (Fsp3) is 0.778. The number of hydrogen-bond acceptors (Lipinski definition) is 1. The van der Waals surface area contributed by atoms with E-state index in [9.17, 15) is 0 Å². The number of unbranched alkanes of at least 4 members (excludes halogenated alkanes) is 2. The fourth-order valence-electron chi connectivity index (χ4n) is 0.873. The minimum atomic E-state index is 0.327. The Bertz CT molecular complexity index is 78.8. The van der Waals surface area contributed by atoms with Crippen LogP contribution in [-0.4, -0.2) is 11.7 Å². The molecule has 0 saturated heterocycles. The SMILES string of the molecule is C=CCCCC[C@H](C)CO. The summed E-state index contributed by atoms with van der Waals surface area (Å²) in [4.78, 5) is 0. The highest BCUT2D eigenvalue weighted by Crippen LogP contribution is 2.07. The van der Waals surface area contributed by atoms with Crippen LogP contribution >= 0.6 is 0 Å². The first-order valence-corrected chi connectivity index (χ1v) is 4.03. The van der Waals surface area contributed by atoms with Crippen LogP contribution in [0.4, 0.5) is 0 Å². The van der Waals surface area contributed by atoms with E-state index in [1.165, 1.54) is 12.8 Å². The molecule has 60 valence electrons. The molecule has 0 aromatic rings. The van der Waals surface area contributed by atoms with E-state index in [0.717, 1.165) is 12.8 Å². The van der Waals surface area contributed by atoms with Gasteiger partial charge in [-0.05, 0) is 25.2 Å². The molecule has 0 bridgehead atoms. The van der Waals surface area contributed by atoms with Crippen LogP contribution in [-0.2, 0) is 0 Å². The first-order chi connectivity index (χ1) is 4.81. The first-order valence-electron chi connectivity index (χ1n) is 4.03. The summed E-state index contributed by atoms with van der Waals surface area (Å²) >= 11 is 0. The normalized spacial score (nSPS) is 13.0. The minimum Gasteiger partial charge on any atom is -0.396 e. The first kappa shape index (κ1) is 9.70. The zero-order valence-corrected chi connectivity index (χ0v) is 6.84. The molecule has 0 radical (unpaired) electrons. The van der Waals surface area contributed by atoms with Gasteiger partial charge >= 0.3 is 0 Å². The van der Waals surface area contributed by atoms with Gasteiger partial charge < -0.3 is 5.11 Å². The van der Waals surface area contributed by atoms with Crippen LogP contribution in [0.3, 0.4) is 0 Å². The van der Waals surface area contributed by atoms with E-state index in [4.69, 9.17) is 5.11 Å². The van der Waals surface area contributed by atoms with Gasteiger partial charge in [-0.2, -0.15) is 0 Å². The summed E-state index contributed by atoms with van der Waals surface area (Å²) < 4.78 is 0. The lowest BCUT2D eigenvalue weighted by molar-refractivity contribution is 0.227. The molecule has 10 heavy (non-hydrogen) atoms. The van der Waals surface area contributed by atoms with Crippen molar-refractivity contribution in [1.82, 2.24) is 0 Å². The molecular formula is C9H18O. The van der Waals surface area contributed by atoms with E-state index >= 15 is 0 Å². The van der Waals surface area contributed by atoms with Crippen LogP contribution in [0, 0.1) is 5.92 Å². The summed E-state index contributed by atoms with van der Waals surface area (Å²) in [5.41, 5.74) is 0. The highest BCUT2D eigenvalue weighted by Gasteiger charge is 1.97. The van der Waals surface area contributed by atoms with Crippen molar-refractivity contribution < 1.29 is 5.11 Å². The number of aliphatic hydroxyl groups is 1. The van der Waals surface area contributed by atoms with Crippen molar-refractivity contribution in [3.63, 3.8) is 0 Å². The number of hydrogen-bond donors (Lipinski definition) is 1. The lowest BCUT2D eigenvalue weighted by atomic mass is 10.0. The molecule has 0 aliphatic heterocycles. The Hall–Kier alpha value is -0.300. The fourth-order valence-corrected chi connectivity index (χ4v) is 0.873. The van der Waals surface area contributed by atoms with Crippen molar-refractivity contribution in [3.8, 4) is 0 Å². The maximum absolute atomic E-state index is 8.67. The van der Waals surface area contributed by atoms with Crippen molar-refractivity contribution in [2.45, 2.75) is 32.6 Å². The van der Waals surface area contributed by atoms with Gasteiger partial charge in [0.2, 0.25) is 0 Å². The van der Waals surface area contributed by atoms with Crippen molar-refractivity contribution in [3.05, 3.63) is 12.7 Å². The molecule has 0 spiro atoms. The van der Waals surface area contributed by atoms with Gasteiger partial charge in [0.15, 0.2) is 0 Å². The van der Waals surface area contributed by atoms with Crippen LogP contribution in [0.15, 0.2) is 12.7 Å². The summed E-state index contributed by atoms with van der Waals surface area (Å²) in [5.74, 6) is 0.477. The largest absolute Gasteiger partial charge is 0.396 e. The Morgan fingerprint density at radius 2 is 2.20 bits per heavy atom. The molecule has 0 rings (SSSR count). The van der Waals surface area contributed by atoms with Crippen molar-refractivity contribution >= 4 is 0 Å². The standard InChI is InChI=1S/C9H18O/c1-3-4-5-6-7-9(2)8-10/h3,9-10H,1,4-8H2,2H3/t9-/m0/s1. The van der Waals surface area contributed by atoms with Crippen LogP contribution in [0.5, 0.6) is 0 Å². The van der Waals surface area contributed by atoms with Gasteiger partial charge in [-0.25, -0.2) is 0 Å². The maximum Gasteiger partial charge on any atom is 0.0456 e. The van der Waals surface area contributed by atoms with Gasteiger partial charge in [-0.1, -0.05) is 19.4 Å². The number of rotatable bonds is 6. The molecule has 0 unspecified atom stereocenters. The molecule has 0 aromatic heterocycles. The minimum absolute atomic E-state index is 0.327. The Balaban J connectivity index is 2.95. The maximum atomic E-state index is 8.67. The lowest BCUT2D eigenvalue weighted by Crippen LogP contribution is -1.99. The third-order valence-electron chi connectivity index (χ3n) is 1.67. The van der Waals surface area contributed by atoms with Crippen molar-refractivity contribution in [1.29, 1.82) is 0 Å². The van der Waals surface area contributed by atoms with Crippen LogP contribution in [0.25, 0.3) is 0 Å². The van der Waals surface area contributed by atoms with Gasteiger partial charge in [-0.3, -0.25) is 0 Å². The molecule has 0 saturated carbocycles. The van der Waals surface area contributed by atoms with Gasteiger partial charge in [0, 0.05) is 6.61 Å². The molecule has 0 aliphatic carbocycles. The van der Waals surface area contributed by atoms with Crippen LogP contribution < -0.4 is 0 Å². The predicted molar refractivity (Wildman–Crippen MR) is 44.9 cm³/mol. The number of allylic oxidation sites excluding steroid dienone is 1. The third-order valence-corrected chi connectivity index (χ3v) is 1.67. The molecule has 0 heterocycles. The van der Waals surface area contributed by atoms with E-state index in [0.29, 0.717) is 12.5 Å². The Morgan fingerprint density at radius 1 is 1.50 bits per heavy atom. The Kier molecular flexibility index (Phi) is 6.61. The summed E-state index contributed by atoms with van der Waals surface area (Å²) in [5, 5.41) is 8.67. The topological polar surface area (TPSA) is 20.2 Å². The molecule has 1 nitrogen and oxygen atoms in total. The van der Waals surface area contributed by atoms with Gasteiger partial charge in [0.25, 0.3) is 0 Å². The van der Waals surface area contributed by atoms with Crippen molar-refractivity contribution in [2.24, 2.45) is 5.92 Å². The molecule has 0 aliphatic rings. The molecule has 1 N–H and O–H groups in total. The molecular weight excluding hydrogens is 124 g/mol. The monoisotopic (exact) mass is 142 g/mol. The smallest absolute Gasteiger partial charge is 0.0456 e. The average Bonchev–Trinajstić information content (AvgIpc) is 1.98.